The summed E-state index contributed by atoms with van der Waals surface area (Å²) in [6, 6.07) is 4.24. The topological polar surface area (TPSA) is 35.0 Å². The summed E-state index contributed by atoms with van der Waals surface area (Å²) in [5.74, 6) is -0.430. The van der Waals surface area contributed by atoms with Crippen LogP contribution in [-0.2, 0) is 6.18 Å². The Morgan fingerprint density at radius 3 is 2.33 bits per heavy atom. The number of methoxy groups -OCH3 is 1. The van der Waals surface area contributed by atoms with Crippen LogP contribution in [0.1, 0.15) is 5.56 Å². The second kappa shape index (κ2) is 4.64. The highest BCUT2D eigenvalue weighted by Crippen LogP contribution is 2.37. The maximum absolute atomic E-state index is 12.8. The van der Waals surface area contributed by atoms with Crippen molar-refractivity contribution in [2.24, 2.45) is 0 Å². The minimum atomic E-state index is -4.50. The molecule has 0 aromatic carbocycles. The number of rotatable bonds is 2. The van der Waals surface area contributed by atoms with Crippen molar-refractivity contribution in [3.63, 3.8) is 0 Å². The fourth-order valence-electron chi connectivity index (χ4n) is 1.52. The summed E-state index contributed by atoms with van der Waals surface area (Å²) in [5.41, 5.74) is 0.0930. The summed E-state index contributed by atoms with van der Waals surface area (Å²) in [7, 11) is 1.16. The van der Waals surface area contributed by atoms with E-state index in [1.165, 1.54) is 18.6 Å². The van der Waals surface area contributed by atoms with E-state index in [2.05, 4.69) is 14.7 Å². The third-order valence-corrected chi connectivity index (χ3v) is 2.36. The van der Waals surface area contributed by atoms with Crippen molar-refractivity contribution >= 4 is 0 Å². The molecule has 0 aliphatic heterocycles. The summed E-state index contributed by atoms with van der Waals surface area (Å²) < 4.78 is 43.0. The van der Waals surface area contributed by atoms with Crippen molar-refractivity contribution in [2.75, 3.05) is 7.11 Å². The van der Waals surface area contributed by atoms with E-state index in [0.717, 1.165) is 13.2 Å². The predicted molar refractivity (Wildman–Crippen MR) is 59.0 cm³/mol. The van der Waals surface area contributed by atoms with Crippen LogP contribution in [0.5, 0.6) is 5.88 Å². The van der Waals surface area contributed by atoms with Crippen LogP contribution in [0.3, 0.4) is 0 Å². The zero-order chi connectivity index (χ0) is 13.2. The van der Waals surface area contributed by atoms with Gasteiger partial charge in [0.1, 0.15) is 5.56 Å². The molecular weight excluding hydrogens is 245 g/mol. The number of ether oxygens (including phenoxy) is 1. The molecule has 3 nitrogen and oxygen atoms in total. The Morgan fingerprint density at radius 1 is 1.11 bits per heavy atom. The van der Waals surface area contributed by atoms with Crippen molar-refractivity contribution in [2.45, 2.75) is 6.18 Å². The smallest absolute Gasteiger partial charge is 0.421 e. The molecule has 18 heavy (non-hydrogen) atoms. The SMILES string of the molecule is COc1ncc(-c2ccncc2)cc1C(F)(F)F. The van der Waals surface area contributed by atoms with E-state index in [1.807, 2.05) is 0 Å². The first-order valence-electron chi connectivity index (χ1n) is 5.04. The monoisotopic (exact) mass is 254 g/mol. The number of aromatic nitrogens is 2. The summed E-state index contributed by atoms with van der Waals surface area (Å²) in [6.07, 6.45) is -0.148. The molecule has 0 amide bonds. The molecule has 0 atom stereocenters. The van der Waals surface area contributed by atoms with Gasteiger partial charge in [0.25, 0.3) is 0 Å². The molecule has 2 aromatic rings. The fraction of sp³-hybridized carbons (Fsp3) is 0.167. The standard InChI is InChI=1S/C12H9F3N2O/c1-18-11-10(12(13,14)15)6-9(7-17-11)8-2-4-16-5-3-8/h2-7H,1H3. The summed E-state index contributed by atoms with van der Waals surface area (Å²) in [4.78, 5) is 7.49. The van der Waals surface area contributed by atoms with E-state index in [4.69, 9.17) is 0 Å². The van der Waals surface area contributed by atoms with Crippen LogP contribution in [0.4, 0.5) is 13.2 Å². The van der Waals surface area contributed by atoms with Gasteiger partial charge in [-0.1, -0.05) is 0 Å². The van der Waals surface area contributed by atoms with Crippen LogP contribution in [0.2, 0.25) is 0 Å². The van der Waals surface area contributed by atoms with Gasteiger partial charge in [-0.2, -0.15) is 13.2 Å². The molecule has 0 N–H and O–H groups in total. The maximum Gasteiger partial charge on any atom is 0.421 e. The number of hydrogen-bond acceptors (Lipinski definition) is 3. The lowest BCUT2D eigenvalue weighted by atomic mass is 10.1. The van der Waals surface area contributed by atoms with Crippen molar-refractivity contribution in [3.05, 3.63) is 42.4 Å². The zero-order valence-electron chi connectivity index (χ0n) is 9.40. The quantitative estimate of drug-likeness (QED) is 0.825. The van der Waals surface area contributed by atoms with Crippen molar-refractivity contribution in [1.29, 1.82) is 0 Å². The van der Waals surface area contributed by atoms with Gasteiger partial charge in [0.2, 0.25) is 5.88 Å². The summed E-state index contributed by atoms with van der Waals surface area (Å²) in [5, 5.41) is 0. The van der Waals surface area contributed by atoms with Crippen molar-refractivity contribution < 1.29 is 17.9 Å². The molecule has 0 saturated heterocycles. The molecule has 2 heterocycles. The van der Waals surface area contributed by atoms with Crippen LogP contribution in [0.25, 0.3) is 11.1 Å². The Kier molecular flexibility index (Phi) is 3.18. The number of nitrogens with zero attached hydrogens (tertiary/aromatic N) is 2. The number of hydrogen-bond donors (Lipinski definition) is 0. The van der Waals surface area contributed by atoms with Gasteiger partial charge in [0, 0.05) is 24.2 Å². The van der Waals surface area contributed by atoms with Gasteiger partial charge in [0.15, 0.2) is 0 Å². The van der Waals surface area contributed by atoms with Gasteiger partial charge in [-0.25, -0.2) is 4.98 Å². The average molecular weight is 254 g/mol. The first-order valence-corrected chi connectivity index (χ1v) is 5.04. The van der Waals surface area contributed by atoms with E-state index in [0.29, 0.717) is 11.1 Å². The van der Waals surface area contributed by atoms with Gasteiger partial charge in [-0.05, 0) is 23.8 Å². The third kappa shape index (κ3) is 2.42. The van der Waals surface area contributed by atoms with Gasteiger partial charge < -0.3 is 4.74 Å². The van der Waals surface area contributed by atoms with E-state index < -0.39 is 17.6 Å². The molecule has 0 aliphatic rings. The van der Waals surface area contributed by atoms with Crippen molar-refractivity contribution in [1.82, 2.24) is 9.97 Å². The van der Waals surface area contributed by atoms with Gasteiger partial charge in [-0.3, -0.25) is 4.98 Å². The molecule has 0 aliphatic carbocycles. The summed E-state index contributed by atoms with van der Waals surface area (Å²) in [6.45, 7) is 0. The average Bonchev–Trinajstić information content (AvgIpc) is 2.38. The first kappa shape index (κ1) is 12.3. The highest BCUT2D eigenvalue weighted by molar-refractivity contribution is 5.63. The predicted octanol–water partition coefficient (Wildman–Crippen LogP) is 3.17. The molecule has 0 saturated carbocycles. The highest BCUT2D eigenvalue weighted by atomic mass is 19.4. The van der Waals surface area contributed by atoms with E-state index in [1.54, 1.807) is 12.1 Å². The van der Waals surface area contributed by atoms with Crippen LogP contribution < -0.4 is 4.74 Å². The third-order valence-electron chi connectivity index (χ3n) is 2.36. The lowest BCUT2D eigenvalue weighted by Crippen LogP contribution is -2.09. The second-order valence-electron chi connectivity index (χ2n) is 3.51. The molecule has 94 valence electrons. The second-order valence-corrected chi connectivity index (χ2v) is 3.51. The van der Waals surface area contributed by atoms with E-state index in [-0.39, 0.29) is 0 Å². The Hall–Kier alpha value is -2.11. The molecule has 2 rings (SSSR count). The fourth-order valence-corrected chi connectivity index (χ4v) is 1.52. The molecule has 6 heteroatoms. The zero-order valence-corrected chi connectivity index (χ0v) is 9.40. The van der Waals surface area contributed by atoms with Crippen LogP contribution >= 0.6 is 0 Å². The van der Waals surface area contributed by atoms with Gasteiger partial charge in [0.05, 0.1) is 7.11 Å². The highest BCUT2D eigenvalue weighted by Gasteiger charge is 2.35. The largest absolute Gasteiger partial charge is 0.481 e. The minimum Gasteiger partial charge on any atom is -0.481 e. The number of pyridine rings is 2. The molecule has 0 spiro atoms. The Bertz CT molecular complexity index is 541. The number of alkyl halides is 3. The van der Waals surface area contributed by atoms with Gasteiger partial charge in [-0.15, -0.1) is 0 Å². The lowest BCUT2D eigenvalue weighted by Gasteiger charge is -2.12. The van der Waals surface area contributed by atoms with Crippen LogP contribution in [0.15, 0.2) is 36.8 Å². The van der Waals surface area contributed by atoms with Crippen LogP contribution in [0, 0.1) is 0 Å². The molecule has 0 unspecified atom stereocenters. The lowest BCUT2D eigenvalue weighted by molar-refractivity contribution is -0.139. The Labute approximate surface area is 101 Å². The first-order chi connectivity index (χ1) is 8.52. The Balaban J connectivity index is 2.53. The molecular formula is C12H9F3N2O. The van der Waals surface area contributed by atoms with E-state index in [9.17, 15) is 13.2 Å². The van der Waals surface area contributed by atoms with Crippen molar-refractivity contribution in [3.8, 4) is 17.0 Å². The minimum absolute atomic E-state index is 0.366. The molecule has 0 fully saturated rings. The normalized spacial score (nSPS) is 11.3. The molecule has 0 bridgehead atoms. The maximum atomic E-state index is 12.8. The van der Waals surface area contributed by atoms with Gasteiger partial charge >= 0.3 is 6.18 Å². The van der Waals surface area contributed by atoms with E-state index >= 15 is 0 Å². The number of halogens is 3. The Morgan fingerprint density at radius 2 is 1.78 bits per heavy atom. The molecule has 2 aromatic heterocycles. The molecule has 0 radical (unpaired) electrons. The summed E-state index contributed by atoms with van der Waals surface area (Å²) >= 11 is 0. The van der Waals surface area contributed by atoms with Crippen LogP contribution in [-0.4, -0.2) is 17.1 Å².